The molecule has 0 aromatic heterocycles. The zero-order valence-corrected chi connectivity index (χ0v) is 17.8. The molecule has 27 heavy (non-hydrogen) atoms. The van der Waals surface area contributed by atoms with Crippen LogP contribution >= 0.6 is 0 Å². The van der Waals surface area contributed by atoms with Crippen molar-refractivity contribution >= 4 is 24.7 Å². The van der Waals surface area contributed by atoms with Crippen molar-refractivity contribution in [1.29, 1.82) is 0 Å². The van der Waals surface area contributed by atoms with Crippen LogP contribution in [0.3, 0.4) is 0 Å². The van der Waals surface area contributed by atoms with Crippen LogP contribution in [0, 0.1) is 11.8 Å². The van der Waals surface area contributed by atoms with Gasteiger partial charge in [-0.1, -0.05) is 81.4 Å². The van der Waals surface area contributed by atoms with Crippen molar-refractivity contribution in [2.75, 3.05) is 13.2 Å². The second-order valence-electron chi connectivity index (χ2n) is 8.33. The topological polar surface area (TPSA) is 35.5 Å². The number of carbonyl (C=O) groups excluding carboxylic acids is 1. The summed E-state index contributed by atoms with van der Waals surface area (Å²) in [5.41, 5.74) is 0. The lowest BCUT2D eigenvalue weighted by atomic mass is 10.2. The van der Waals surface area contributed by atoms with Gasteiger partial charge in [0.2, 0.25) is 0 Å². The quantitative estimate of drug-likeness (QED) is 0.540. The van der Waals surface area contributed by atoms with E-state index in [0.717, 1.165) is 6.42 Å². The summed E-state index contributed by atoms with van der Waals surface area (Å²) in [6, 6.07) is 21.2. The Morgan fingerprint density at radius 2 is 1.52 bits per heavy atom. The Bertz CT molecular complexity index is 713. The minimum absolute atomic E-state index is 0.00293. The molecule has 3 rings (SSSR count). The van der Waals surface area contributed by atoms with Crippen LogP contribution in [-0.2, 0) is 14.0 Å². The van der Waals surface area contributed by atoms with Crippen molar-refractivity contribution in [3.63, 3.8) is 0 Å². The summed E-state index contributed by atoms with van der Waals surface area (Å²) in [5.74, 6) is 0.197. The van der Waals surface area contributed by atoms with E-state index in [2.05, 4.69) is 69.3 Å². The number of hydrogen-bond acceptors (Lipinski definition) is 3. The lowest BCUT2D eigenvalue weighted by molar-refractivity contribution is -0.145. The molecule has 1 aliphatic rings. The van der Waals surface area contributed by atoms with Crippen molar-refractivity contribution in [3.05, 3.63) is 60.7 Å². The minimum Gasteiger partial charge on any atom is -0.466 e. The maximum Gasteiger partial charge on any atom is 0.309 e. The maximum atomic E-state index is 12.0. The zero-order chi connectivity index (χ0) is 19.5. The van der Waals surface area contributed by atoms with E-state index in [9.17, 15) is 4.79 Å². The molecule has 4 heteroatoms. The average molecular weight is 383 g/mol. The molecule has 144 valence electrons. The molecule has 0 spiro atoms. The van der Waals surface area contributed by atoms with Gasteiger partial charge in [0.15, 0.2) is 0 Å². The number of rotatable bonds is 7. The third kappa shape index (κ3) is 4.02. The molecule has 2 aromatic carbocycles. The van der Waals surface area contributed by atoms with Gasteiger partial charge in [-0.3, -0.25) is 4.79 Å². The second-order valence-corrected chi connectivity index (χ2v) is 12.6. The number of benzene rings is 2. The molecule has 0 unspecified atom stereocenters. The largest absolute Gasteiger partial charge is 0.466 e. The van der Waals surface area contributed by atoms with Gasteiger partial charge in [0.1, 0.15) is 0 Å². The molecule has 0 amide bonds. The van der Waals surface area contributed by atoms with Gasteiger partial charge < -0.3 is 9.16 Å². The molecular formula is C23H30O3Si. The third-order valence-corrected chi connectivity index (χ3v) is 10.4. The maximum absolute atomic E-state index is 12.0. The molecule has 1 fully saturated rings. The highest BCUT2D eigenvalue weighted by Crippen LogP contribution is 2.43. The van der Waals surface area contributed by atoms with Crippen molar-refractivity contribution in [2.24, 2.45) is 11.8 Å². The summed E-state index contributed by atoms with van der Waals surface area (Å²) < 4.78 is 12.1. The van der Waals surface area contributed by atoms with Gasteiger partial charge in [-0.25, -0.2) is 0 Å². The van der Waals surface area contributed by atoms with Crippen LogP contribution in [0.4, 0.5) is 0 Å². The standard InChI is InChI=1S/C23H30O3Si/c1-5-25-22(24)21-16-18(21)17-26-27(23(2,3)4,19-12-8-6-9-13-19)20-14-10-7-11-15-20/h6-15,18,21H,5,16-17H2,1-4H3/t18-,21+/m1/s1. The zero-order valence-electron chi connectivity index (χ0n) is 16.8. The highest BCUT2D eigenvalue weighted by molar-refractivity contribution is 6.99. The average Bonchev–Trinajstić information content (AvgIpc) is 3.43. The van der Waals surface area contributed by atoms with E-state index < -0.39 is 8.32 Å². The monoisotopic (exact) mass is 382 g/mol. The summed E-state index contributed by atoms with van der Waals surface area (Å²) in [6.07, 6.45) is 0.872. The van der Waals surface area contributed by atoms with E-state index in [1.54, 1.807) is 0 Å². The van der Waals surface area contributed by atoms with Crippen molar-refractivity contribution in [1.82, 2.24) is 0 Å². The van der Waals surface area contributed by atoms with Gasteiger partial charge in [0.05, 0.1) is 12.5 Å². The Morgan fingerprint density at radius 3 is 1.96 bits per heavy atom. The normalized spacial score (nSPS) is 19.6. The number of carbonyl (C=O) groups is 1. The fourth-order valence-electron chi connectivity index (χ4n) is 3.96. The highest BCUT2D eigenvalue weighted by Gasteiger charge is 2.52. The molecule has 1 aliphatic carbocycles. The second kappa shape index (κ2) is 7.99. The fourth-order valence-corrected chi connectivity index (χ4v) is 8.58. The van der Waals surface area contributed by atoms with Crippen LogP contribution in [0.15, 0.2) is 60.7 Å². The van der Waals surface area contributed by atoms with Gasteiger partial charge in [0, 0.05) is 6.61 Å². The summed E-state index contributed by atoms with van der Waals surface area (Å²) in [6.45, 7) is 9.72. The molecule has 0 aliphatic heterocycles. The van der Waals surface area contributed by atoms with E-state index in [1.165, 1.54) is 10.4 Å². The van der Waals surface area contributed by atoms with Gasteiger partial charge in [-0.15, -0.1) is 0 Å². The lowest BCUT2D eigenvalue weighted by Crippen LogP contribution is -2.66. The Labute approximate surface area is 163 Å². The van der Waals surface area contributed by atoms with E-state index in [4.69, 9.17) is 9.16 Å². The Hall–Kier alpha value is -1.91. The highest BCUT2D eigenvalue weighted by atomic mass is 28.4. The number of hydrogen-bond donors (Lipinski definition) is 0. The molecule has 0 radical (unpaired) electrons. The van der Waals surface area contributed by atoms with E-state index in [1.807, 2.05) is 19.1 Å². The van der Waals surface area contributed by atoms with Gasteiger partial charge >= 0.3 is 5.97 Å². The summed E-state index contributed by atoms with van der Waals surface area (Å²) in [5, 5.41) is 2.51. The van der Waals surface area contributed by atoms with Crippen LogP contribution in [0.1, 0.15) is 34.1 Å². The number of esters is 1. The van der Waals surface area contributed by atoms with Crippen LogP contribution in [0.25, 0.3) is 0 Å². The molecular weight excluding hydrogens is 352 g/mol. The van der Waals surface area contributed by atoms with Crippen molar-refractivity contribution in [3.8, 4) is 0 Å². The molecule has 0 saturated heterocycles. The molecule has 1 saturated carbocycles. The third-order valence-electron chi connectivity index (χ3n) is 5.44. The van der Waals surface area contributed by atoms with E-state index >= 15 is 0 Å². The Morgan fingerprint density at radius 1 is 1.00 bits per heavy atom. The first-order chi connectivity index (χ1) is 12.9. The smallest absolute Gasteiger partial charge is 0.309 e. The summed E-state index contributed by atoms with van der Waals surface area (Å²) >= 11 is 0. The minimum atomic E-state index is -2.51. The predicted octanol–water partition coefficient (Wildman–Crippen LogP) is 3.76. The Balaban J connectivity index is 1.92. The molecule has 2 atom stereocenters. The fraction of sp³-hybridized carbons (Fsp3) is 0.435. The van der Waals surface area contributed by atoms with Crippen LogP contribution in [-0.4, -0.2) is 27.5 Å². The number of ether oxygens (including phenoxy) is 1. The van der Waals surface area contributed by atoms with Crippen LogP contribution in [0.2, 0.25) is 5.04 Å². The first-order valence-electron chi connectivity index (χ1n) is 9.81. The van der Waals surface area contributed by atoms with Gasteiger partial charge in [0.25, 0.3) is 8.32 Å². The van der Waals surface area contributed by atoms with Crippen molar-refractivity contribution < 1.29 is 14.0 Å². The van der Waals surface area contributed by atoms with E-state index in [0.29, 0.717) is 13.2 Å². The summed E-state index contributed by atoms with van der Waals surface area (Å²) in [4.78, 5) is 12.0. The first kappa shape index (κ1) is 19.8. The van der Waals surface area contributed by atoms with Crippen LogP contribution < -0.4 is 10.4 Å². The lowest BCUT2D eigenvalue weighted by Gasteiger charge is -2.43. The summed E-state index contributed by atoms with van der Waals surface area (Å²) in [7, 11) is -2.51. The van der Waals surface area contributed by atoms with Crippen LogP contribution in [0.5, 0.6) is 0 Å². The van der Waals surface area contributed by atoms with Gasteiger partial charge in [-0.05, 0) is 34.7 Å². The predicted molar refractivity (Wildman–Crippen MR) is 112 cm³/mol. The van der Waals surface area contributed by atoms with Crippen molar-refractivity contribution in [2.45, 2.75) is 39.2 Å². The molecule has 0 N–H and O–H groups in total. The molecule has 0 bridgehead atoms. The first-order valence-corrected chi connectivity index (χ1v) is 11.7. The molecule has 0 heterocycles. The van der Waals surface area contributed by atoms with Gasteiger partial charge in [-0.2, -0.15) is 0 Å². The van der Waals surface area contributed by atoms with E-state index in [-0.39, 0.29) is 22.8 Å². The molecule has 2 aromatic rings. The Kier molecular flexibility index (Phi) is 5.87. The SMILES string of the molecule is CCOC(=O)[C@H]1C[C@@H]1CO[Si](c1ccccc1)(c1ccccc1)C(C)(C)C. The molecule has 3 nitrogen and oxygen atoms in total.